The summed E-state index contributed by atoms with van der Waals surface area (Å²) in [5.74, 6) is 1.51. The highest BCUT2D eigenvalue weighted by Crippen LogP contribution is 2.25. The molecule has 4 heteroatoms. The standard InChI is InChI=1S/C11H18ClN3/c1-11(2,3)9(4-6-12)15-10-5-7-13-8-14-10/h5,7-9H,4,6H2,1-3H3,(H,13,14,15). The molecule has 15 heavy (non-hydrogen) atoms. The van der Waals surface area contributed by atoms with E-state index in [1.165, 1.54) is 0 Å². The van der Waals surface area contributed by atoms with Crippen molar-refractivity contribution in [3.63, 3.8) is 0 Å². The van der Waals surface area contributed by atoms with Gasteiger partial charge in [0.25, 0.3) is 0 Å². The monoisotopic (exact) mass is 227 g/mol. The minimum atomic E-state index is 0.167. The van der Waals surface area contributed by atoms with Gasteiger partial charge in [0.2, 0.25) is 0 Å². The van der Waals surface area contributed by atoms with Crippen LogP contribution in [-0.2, 0) is 0 Å². The van der Waals surface area contributed by atoms with Crippen molar-refractivity contribution < 1.29 is 0 Å². The fourth-order valence-corrected chi connectivity index (χ4v) is 1.60. The van der Waals surface area contributed by atoms with Crippen LogP contribution in [0.15, 0.2) is 18.6 Å². The third kappa shape index (κ3) is 4.04. The number of nitrogens with one attached hydrogen (secondary N) is 1. The third-order valence-corrected chi connectivity index (χ3v) is 2.57. The SMILES string of the molecule is CC(C)(C)C(CCCl)Nc1ccncn1. The highest BCUT2D eigenvalue weighted by molar-refractivity contribution is 6.17. The van der Waals surface area contributed by atoms with Crippen LogP contribution in [0, 0.1) is 5.41 Å². The van der Waals surface area contributed by atoms with Gasteiger partial charge in [0.15, 0.2) is 0 Å². The number of anilines is 1. The van der Waals surface area contributed by atoms with Crippen molar-refractivity contribution in [2.24, 2.45) is 5.41 Å². The summed E-state index contributed by atoms with van der Waals surface area (Å²) in [6, 6.07) is 2.19. The molecule has 1 heterocycles. The number of alkyl halides is 1. The van der Waals surface area contributed by atoms with Crippen LogP contribution in [-0.4, -0.2) is 21.9 Å². The van der Waals surface area contributed by atoms with Gasteiger partial charge in [-0.25, -0.2) is 9.97 Å². The molecule has 0 aliphatic heterocycles. The second-order valence-electron chi connectivity index (χ2n) is 4.64. The zero-order valence-corrected chi connectivity index (χ0v) is 10.3. The zero-order chi connectivity index (χ0) is 11.3. The lowest BCUT2D eigenvalue weighted by atomic mass is 9.85. The molecule has 3 nitrogen and oxygen atoms in total. The van der Waals surface area contributed by atoms with Crippen molar-refractivity contribution in [3.05, 3.63) is 18.6 Å². The van der Waals surface area contributed by atoms with Gasteiger partial charge in [-0.2, -0.15) is 0 Å². The zero-order valence-electron chi connectivity index (χ0n) is 9.50. The molecule has 1 atom stereocenters. The molecule has 0 aromatic carbocycles. The van der Waals surface area contributed by atoms with Crippen molar-refractivity contribution in [1.82, 2.24) is 9.97 Å². The molecule has 1 unspecified atom stereocenters. The Morgan fingerprint density at radius 3 is 2.67 bits per heavy atom. The first-order valence-corrected chi connectivity index (χ1v) is 5.66. The molecule has 0 saturated carbocycles. The van der Waals surface area contributed by atoms with Crippen molar-refractivity contribution in [2.45, 2.75) is 33.2 Å². The molecule has 1 N–H and O–H groups in total. The van der Waals surface area contributed by atoms with E-state index in [1.54, 1.807) is 12.5 Å². The molecule has 0 fully saturated rings. The van der Waals surface area contributed by atoms with Crippen LogP contribution in [0.2, 0.25) is 0 Å². The largest absolute Gasteiger partial charge is 0.367 e. The Kier molecular flexibility index (Phi) is 4.33. The highest BCUT2D eigenvalue weighted by atomic mass is 35.5. The number of aromatic nitrogens is 2. The molecular weight excluding hydrogens is 210 g/mol. The maximum absolute atomic E-state index is 5.80. The first-order chi connectivity index (χ1) is 7.04. The Morgan fingerprint density at radius 1 is 1.47 bits per heavy atom. The van der Waals surface area contributed by atoms with Gasteiger partial charge in [0.1, 0.15) is 12.1 Å². The summed E-state index contributed by atoms with van der Waals surface area (Å²) in [7, 11) is 0. The summed E-state index contributed by atoms with van der Waals surface area (Å²) >= 11 is 5.80. The molecule has 0 bridgehead atoms. The van der Waals surface area contributed by atoms with E-state index in [2.05, 4.69) is 36.1 Å². The molecule has 0 radical (unpaired) electrons. The predicted molar refractivity (Wildman–Crippen MR) is 64.2 cm³/mol. The number of halogens is 1. The molecule has 1 aromatic rings. The maximum Gasteiger partial charge on any atom is 0.129 e. The minimum Gasteiger partial charge on any atom is -0.367 e. The van der Waals surface area contributed by atoms with Crippen LogP contribution in [0.4, 0.5) is 5.82 Å². The molecule has 1 rings (SSSR count). The van der Waals surface area contributed by atoms with Crippen molar-refractivity contribution in [1.29, 1.82) is 0 Å². The quantitative estimate of drug-likeness (QED) is 0.804. The Balaban J connectivity index is 2.67. The van der Waals surface area contributed by atoms with Gasteiger partial charge in [-0.1, -0.05) is 20.8 Å². The van der Waals surface area contributed by atoms with Crippen LogP contribution in [0.5, 0.6) is 0 Å². The first kappa shape index (κ1) is 12.2. The number of hydrogen-bond donors (Lipinski definition) is 1. The number of nitrogens with zero attached hydrogens (tertiary/aromatic N) is 2. The van der Waals surface area contributed by atoms with Gasteiger partial charge in [0.05, 0.1) is 0 Å². The summed E-state index contributed by atoms with van der Waals surface area (Å²) in [5, 5.41) is 3.38. The smallest absolute Gasteiger partial charge is 0.129 e. The average molecular weight is 228 g/mol. The van der Waals surface area contributed by atoms with Crippen LogP contribution in [0.1, 0.15) is 27.2 Å². The molecule has 0 aliphatic rings. The summed E-state index contributed by atoms with van der Waals surface area (Å²) in [4.78, 5) is 8.03. The van der Waals surface area contributed by atoms with Gasteiger partial charge in [0, 0.05) is 18.1 Å². The number of rotatable bonds is 4. The van der Waals surface area contributed by atoms with E-state index >= 15 is 0 Å². The second-order valence-corrected chi connectivity index (χ2v) is 5.01. The summed E-state index contributed by atoms with van der Waals surface area (Å²) in [6.07, 6.45) is 4.20. The van der Waals surface area contributed by atoms with Crippen molar-refractivity contribution in [3.8, 4) is 0 Å². The lowest BCUT2D eigenvalue weighted by molar-refractivity contribution is 0.334. The molecular formula is C11H18ClN3. The van der Waals surface area contributed by atoms with Gasteiger partial charge >= 0.3 is 0 Å². The lowest BCUT2D eigenvalue weighted by Crippen LogP contribution is -2.34. The Bertz CT molecular complexity index is 282. The van der Waals surface area contributed by atoms with Gasteiger partial charge in [-0.15, -0.1) is 11.6 Å². The van der Waals surface area contributed by atoms with Crippen LogP contribution in [0.25, 0.3) is 0 Å². The van der Waals surface area contributed by atoms with E-state index in [1.807, 2.05) is 6.07 Å². The first-order valence-electron chi connectivity index (χ1n) is 5.12. The van der Waals surface area contributed by atoms with E-state index in [-0.39, 0.29) is 5.41 Å². The van der Waals surface area contributed by atoms with E-state index in [0.717, 1.165) is 12.2 Å². The molecule has 84 valence electrons. The normalized spacial score (nSPS) is 13.6. The fourth-order valence-electron chi connectivity index (χ4n) is 1.39. The van der Waals surface area contributed by atoms with Gasteiger partial charge in [-0.05, 0) is 17.9 Å². The summed E-state index contributed by atoms with van der Waals surface area (Å²) in [5.41, 5.74) is 0.167. The lowest BCUT2D eigenvalue weighted by Gasteiger charge is -2.31. The minimum absolute atomic E-state index is 0.167. The van der Waals surface area contributed by atoms with E-state index in [4.69, 9.17) is 11.6 Å². The molecule has 0 saturated heterocycles. The van der Waals surface area contributed by atoms with Gasteiger partial charge < -0.3 is 5.32 Å². The fraction of sp³-hybridized carbons (Fsp3) is 0.636. The maximum atomic E-state index is 5.80. The molecule has 0 spiro atoms. The van der Waals surface area contributed by atoms with Crippen molar-refractivity contribution >= 4 is 17.4 Å². The Morgan fingerprint density at radius 2 is 2.20 bits per heavy atom. The Labute approximate surface area is 96.3 Å². The highest BCUT2D eigenvalue weighted by Gasteiger charge is 2.23. The molecule has 1 aromatic heterocycles. The van der Waals surface area contributed by atoms with E-state index in [9.17, 15) is 0 Å². The summed E-state index contributed by atoms with van der Waals surface area (Å²) < 4.78 is 0. The topological polar surface area (TPSA) is 37.8 Å². The molecule has 0 aliphatic carbocycles. The van der Waals surface area contributed by atoms with Crippen molar-refractivity contribution in [2.75, 3.05) is 11.2 Å². The van der Waals surface area contributed by atoms with Crippen LogP contribution >= 0.6 is 11.6 Å². The van der Waals surface area contributed by atoms with E-state index in [0.29, 0.717) is 11.9 Å². The summed E-state index contributed by atoms with van der Waals surface area (Å²) in [6.45, 7) is 6.58. The Hall–Kier alpha value is -0.830. The van der Waals surface area contributed by atoms with Gasteiger partial charge in [-0.3, -0.25) is 0 Å². The average Bonchev–Trinajstić information content (AvgIpc) is 2.17. The third-order valence-electron chi connectivity index (χ3n) is 2.35. The van der Waals surface area contributed by atoms with E-state index < -0.39 is 0 Å². The second kappa shape index (κ2) is 5.31. The molecule has 0 amide bonds. The van der Waals surface area contributed by atoms with Crippen LogP contribution < -0.4 is 5.32 Å². The predicted octanol–water partition coefficient (Wildman–Crippen LogP) is 2.93. The van der Waals surface area contributed by atoms with Crippen LogP contribution in [0.3, 0.4) is 0 Å². The number of hydrogen-bond acceptors (Lipinski definition) is 3.